The topological polar surface area (TPSA) is 67.6 Å². The highest BCUT2D eigenvalue weighted by Crippen LogP contribution is 2.37. The number of benzene rings is 1. The summed E-state index contributed by atoms with van der Waals surface area (Å²) >= 11 is 0. The minimum Gasteiger partial charge on any atom is -0.395 e. The van der Waals surface area contributed by atoms with Gasteiger partial charge in [-0.1, -0.05) is 19.9 Å². The number of carbonyl (C=O) groups is 1. The van der Waals surface area contributed by atoms with Crippen molar-refractivity contribution in [2.45, 2.75) is 72.4 Å². The van der Waals surface area contributed by atoms with Gasteiger partial charge in [-0.3, -0.25) is 14.6 Å². The molecule has 8 nitrogen and oxygen atoms in total. The van der Waals surface area contributed by atoms with Gasteiger partial charge in [0, 0.05) is 82.1 Å². The number of β-amino-alcohol motifs (C(OH)–C–C–N with tert-alkyl or cyclic N) is 1. The van der Waals surface area contributed by atoms with Crippen LogP contribution in [-0.2, 0) is 0 Å². The van der Waals surface area contributed by atoms with Crippen LogP contribution in [0, 0.1) is 18.7 Å². The van der Waals surface area contributed by atoms with Crippen LogP contribution in [0.2, 0.25) is 0 Å². The number of fused-ring (bicyclic) bond motifs is 1. The summed E-state index contributed by atoms with van der Waals surface area (Å²) in [7, 11) is 0. The number of aliphatic hydroxyl groups is 1. The highest BCUT2D eigenvalue weighted by atomic mass is 19.1. The maximum Gasteiger partial charge on any atom is 0.254 e. The second kappa shape index (κ2) is 14.7. The van der Waals surface area contributed by atoms with Gasteiger partial charge in [-0.15, -0.1) is 0 Å². The molecule has 2 aliphatic heterocycles. The summed E-state index contributed by atoms with van der Waals surface area (Å²) in [6, 6.07) is 7.38. The number of carbonyl (C=O) groups excluding carboxylic acids is 1. The number of halogens is 1. The third-order valence-electron chi connectivity index (χ3n) is 10.0. The van der Waals surface area contributed by atoms with Gasteiger partial charge in [-0.25, -0.2) is 9.37 Å². The van der Waals surface area contributed by atoms with Gasteiger partial charge in [0.15, 0.2) is 0 Å². The number of amides is 1. The Kier molecular flexibility index (Phi) is 11.0. The van der Waals surface area contributed by atoms with E-state index in [-0.39, 0.29) is 18.6 Å². The van der Waals surface area contributed by atoms with Crippen LogP contribution >= 0.6 is 0 Å². The molecule has 2 fully saturated rings. The lowest BCUT2D eigenvalue weighted by Gasteiger charge is -2.46. The molecule has 246 valence electrons. The molecule has 9 heteroatoms. The van der Waals surface area contributed by atoms with E-state index >= 15 is 0 Å². The Labute approximate surface area is 268 Å². The van der Waals surface area contributed by atoms with E-state index in [2.05, 4.69) is 50.2 Å². The van der Waals surface area contributed by atoms with Crippen molar-refractivity contribution in [3.8, 4) is 11.1 Å². The minimum absolute atomic E-state index is 0.0131. The van der Waals surface area contributed by atoms with Gasteiger partial charge >= 0.3 is 0 Å². The van der Waals surface area contributed by atoms with Gasteiger partial charge in [0.1, 0.15) is 11.6 Å². The number of rotatable bonds is 13. The van der Waals surface area contributed by atoms with E-state index in [0.29, 0.717) is 30.0 Å². The van der Waals surface area contributed by atoms with Crippen molar-refractivity contribution in [3.05, 3.63) is 59.4 Å². The fourth-order valence-electron chi connectivity index (χ4n) is 7.34. The molecule has 2 aliphatic rings. The molecule has 3 aromatic rings. The molecule has 0 aliphatic carbocycles. The van der Waals surface area contributed by atoms with E-state index in [1.54, 1.807) is 11.0 Å². The summed E-state index contributed by atoms with van der Waals surface area (Å²) < 4.78 is 16.7. The molecular weight excluding hydrogens is 567 g/mol. The maximum atomic E-state index is 14.6. The summed E-state index contributed by atoms with van der Waals surface area (Å²) in [6.07, 6.45) is 6.46. The van der Waals surface area contributed by atoms with Crippen molar-refractivity contribution < 1.29 is 14.3 Å². The van der Waals surface area contributed by atoms with Crippen LogP contribution in [-0.4, -0.2) is 118 Å². The third kappa shape index (κ3) is 7.43. The number of hydrogen-bond acceptors (Lipinski definition) is 6. The Bertz CT molecular complexity index is 1440. The number of nitrogens with zero attached hydrogens (tertiary/aromatic N) is 6. The quantitative estimate of drug-likeness (QED) is 0.286. The Hall–Kier alpha value is -2.85. The van der Waals surface area contributed by atoms with Crippen molar-refractivity contribution in [2.24, 2.45) is 5.92 Å². The van der Waals surface area contributed by atoms with E-state index in [1.165, 1.54) is 30.5 Å². The van der Waals surface area contributed by atoms with Crippen LogP contribution in [0.25, 0.3) is 16.6 Å². The van der Waals surface area contributed by atoms with Crippen LogP contribution in [0.5, 0.6) is 0 Å². The van der Waals surface area contributed by atoms with Crippen molar-refractivity contribution in [3.63, 3.8) is 0 Å². The zero-order chi connectivity index (χ0) is 32.2. The van der Waals surface area contributed by atoms with Gasteiger partial charge in [0.25, 0.3) is 5.91 Å². The number of aliphatic hydroxyl groups excluding tert-OH is 1. The molecule has 2 saturated heterocycles. The zero-order valence-electron chi connectivity index (χ0n) is 28.2. The number of piperazine rings is 1. The molecule has 0 saturated carbocycles. The standard InChI is InChI=1S/C36H53FN6O2/c1-7-42(26(4)5)36(45)33-20-30(37)10-11-31(33)32-19-28(24-43-27(6)38-21-35(32)43)29-22-41(23-29)34(25(2)3)9-8-12-39-13-15-40(16-14-39)17-18-44/h10-11,19-21,24-26,29,34,44H,7-9,12-18,22-23H2,1-6H3/t34-/m1/s1. The molecule has 0 radical (unpaired) electrons. The van der Waals surface area contributed by atoms with Crippen molar-refractivity contribution in [1.82, 2.24) is 29.0 Å². The summed E-state index contributed by atoms with van der Waals surface area (Å²) in [5, 5.41) is 9.22. The predicted octanol–water partition coefficient (Wildman–Crippen LogP) is 5.13. The molecule has 0 unspecified atom stereocenters. The first-order chi connectivity index (χ1) is 21.6. The summed E-state index contributed by atoms with van der Waals surface area (Å²) in [6.45, 7) is 21.7. The number of hydrogen-bond donors (Lipinski definition) is 1. The maximum absolute atomic E-state index is 14.6. The van der Waals surface area contributed by atoms with Crippen LogP contribution < -0.4 is 0 Å². The molecule has 5 rings (SSSR count). The smallest absolute Gasteiger partial charge is 0.254 e. The first-order valence-electron chi connectivity index (χ1n) is 17.0. The monoisotopic (exact) mass is 620 g/mol. The van der Waals surface area contributed by atoms with E-state index < -0.39 is 5.82 Å². The second-order valence-electron chi connectivity index (χ2n) is 13.6. The highest BCUT2D eigenvalue weighted by molar-refractivity contribution is 6.03. The van der Waals surface area contributed by atoms with E-state index in [1.807, 2.05) is 33.9 Å². The van der Waals surface area contributed by atoms with E-state index in [0.717, 1.165) is 74.8 Å². The average Bonchev–Trinajstić information content (AvgIpc) is 3.36. The summed E-state index contributed by atoms with van der Waals surface area (Å²) in [5.41, 5.74) is 4.23. The van der Waals surface area contributed by atoms with Crippen molar-refractivity contribution in [2.75, 3.05) is 65.5 Å². The Morgan fingerprint density at radius 1 is 1.04 bits per heavy atom. The molecule has 45 heavy (non-hydrogen) atoms. The second-order valence-corrected chi connectivity index (χ2v) is 13.6. The molecule has 1 atom stereocenters. The van der Waals surface area contributed by atoms with Crippen molar-refractivity contribution >= 4 is 11.4 Å². The van der Waals surface area contributed by atoms with Gasteiger partial charge in [0.2, 0.25) is 0 Å². The van der Waals surface area contributed by atoms with Crippen LogP contribution in [0.15, 0.2) is 36.7 Å². The fraction of sp³-hybridized carbons (Fsp3) is 0.611. The molecular formula is C36H53FN6O2. The Balaban J connectivity index is 1.32. The molecule has 1 aromatic carbocycles. The van der Waals surface area contributed by atoms with E-state index in [9.17, 15) is 14.3 Å². The number of pyridine rings is 1. The molecule has 1 amide bonds. The van der Waals surface area contributed by atoms with Gasteiger partial charge in [-0.05, 0) is 82.3 Å². The zero-order valence-corrected chi connectivity index (χ0v) is 28.2. The Morgan fingerprint density at radius 3 is 2.36 bits per heavy atom. The number of likely N-dealkylation sites (tertiary alicyclic amines) is 1. The lowest BCUT2D eigenvalue weighted by atomic mass is 9.85. The molecule has 4 heterocycles. The molecule has 2 aromatic heterocycles. The van der Waals surface area contributed by atoms with Crippen LogP contribution in [0.1, 0.15) is 75.1 Å². The molecule has 0 bridgehead atoms. The van der Waals surface area contributed by atoms with E-state index in [4.69, 9.17) is 0 Å². The number of imidazole rings is 1. The van der Waals surface area contributed by atoms with Gasteiger partial charge in [0.05, 0.1) is 23.9 Å². The van der Waals surface area contributed by atoms with Crippen LogP contribution in [0.3, 0.4) is 0 Å². The molecule has 1 N–H and O–H groups in total. The first kappa shape index (κ1) is 33.5. The van der Waals surface area contributed by atoms with Gasteiger partial charge < -0.3 is 19.3 Å². The highest BCUT2D eigenvalue weighted by Gasteiger charge is 2.35. The molecule has 0 spiro atoms. The number of aromatic nitrogens is 2. The lowest BCUT2D eigenvalue weighted by molar-refractivity contribution is 0.0543. The fourth-order valence-corrected chi connectivity index (χ4v) is 7.34. The minimum atomic E-state index is -0.405. The summed E-state index contributed by atoms with van der Waals surface area (Å²) in [5.74, 6) is 1.31. The van der Waals surface area contributed by atoms with Crippen LogP contribution in [0.4, 0.5) is 4.39 Å². The van der Waals surface area contributed by atoms with Crippen molar-refractivity contribution in [1.29, 1.82) is 0 Å². The third-order valence-corrected chi connectivity index (χ3v) is 10.0. The summed E-state index contributed by atoms with van der Waals surface area (Å²) in [4.78, 5) is 27.7. The normalized spacial score (nSPS) is 17.8. The predicted molar refractivity (Wildman–Crippen MR) is 179 cm³/mol. The largest absolute Gasteiger partial charge is 0.395 e. The lowest BCUT2D eigenvalue weighted by Crippen LogP contribution is -2.53. The average molecular weight is 621 g/mol. The Morgan fingerprint density at radius 2 is 1.73 bits per heavy atom. The number of aryl methyl sites for hydroxylation is 1. The first-order valence-corrected chi connectivity index (χ1v) is 17.0. The SMILES string of the molecule is CCN(C(=O)c1cc(F)ccc1-c1cc(C2CN([C@H](CCCN3CCN(CCO)CC3)C(C)C)C2)cn2c(C)ncc12)C(C)C. The van der Waals surface area contributed by atoms with Gasteiger partial charge in [-0.2, -0.15) is 0 Å².